The number of benzene rings is 3. The van der Waals surface area contributed by atoms with Crippen LogP contribution in [-0.4, -0.2) is 41.3 Å². The van der Waals surface area contributed by atoms with Gasteiger partial charge in [-0.2, -0.15) is 0 Å². The van der Waals surface area contributed by atoms with Gasteiger partial charge in [0.15, 0.2) is 28.8 Å². The third-order valence-electron chi connectivity index (χ3n) is 5.26. The molecule has 0 fully saturated rings. The molecule has 0 aromatic heterocycles. The van der Waals surface area contributed by atoms with Gasteiger partial charge in [0.2, 0.25) is 5.75 Å². The van der Waals surface area contributed by atoms with Crippen molar-refractivity contribution in [2.45, 2.75) is 0 Å². The Hall–Kier alpha value is -4.46. The van der Waals surface area contributed by atoms with Crippen molar-refractivity contribution in [3.63, 3.8) is 0 Å². The highest BCUT2D eigenvalue weighted by Gasteiger charge is 2.13. The highest BCUT2D eigenvalue weighted by molar-refractivity contribution is 6.04. The molecular formula is C28H28FNO6. The minimum Gasteiger partial charge on any atom is -0.493 e. The topological polar surface area (TPSA) is 75.3 Å². The van der Waals surface area contributed by atoms with Crippen LogP contribution in [0.1, 0.15) is 21.5 Å². The molecule has 0 atom stereocenters. The molecule has 3 rings (SSSR count). The van der Waals surface area contributed by atoms with Crippen LogP contribution in [0.4, 0.5) is 10.1 Å². The SMILES string of the molecule is COc1cc(/C=C\c2cc(OC)c(OC)c(OC)c2)cc(N/C=C\C(=O)c2ccc(F)cc2)c1OC. The van der Waals surface area contributed by atoms with Gasteiger partial charge in [0.25, 0.3) is 0 Å². The van der Waals surface area contributed by atoms with Gasteiger partial charge in [0, 0.05) is 17.8 Å². The molecule has 0 radical (unpaired) electrons. The van der Waals surface area contributed by atoms with E-state index in [1.54, 1.807) is 28.4 Å². The standard InChI is InChI=1S/C28H28FNO6/c1-32-24-15-18(6-7-19-16-25(33-2)28(36-5)26(17-19)34-3)14-22(27(24)35-4)30-13-12-23(31)20-8-10-21(29)11-9-20/h6-17,30H,1-5H3/b7-6-,13-12-. The highest BCUT2D eigenvalue weighted by atomic mass is 19.1. The van der Waals surface area contributed by atoms with Crippen LogP contribution in [0.15, 0.2) is 60.8 Å². The summed E-state index contributed by atoms with van der Waals surface area (Å²) in [4.78, 5) is 12.4. The van der Waals surface area contributed by atoms with Gasteiger partial charge in [0.05, 0.1) is 41.2 Å². The molecule has 0 aliphatic heterocycles. The zero-order valence-corrected chi connectivity index (χ0v) is 20.8. The Bertz CT molecular complexity index is 1240. The van der Waals surface area contributed by atoms with E-state index in [2.05, 4.69) is 5.32 Å². The molecule has 0 bridgehead atoms. The fraction of sp³-hybridized carbons (Fsp3) is 0.179. The largest absolute Gasteiger partial charge is 0.493 e. The predicted octanol–water partition coefficient (Wildman–Crippen LogP) is 5.85. The smallest absolute Gasteiger partial charge is 0.203 e. The van der Waals surface area contributed by atoms with Gasteiger partial charge in [-0.1, -0.05) is 12.2 Å². The lowest BCUT2D eigenvalue weighted by Gasteiger charge is -2.14. The molecule has 188 valence electrons. The molecule has 0 saturated heterocycles. The first-order chi connectivity index (χ1) is 17.4. The number of rotatable bonds is 11. The number of carbonyl (C=O) groups excluding carboxylic acids is 1. The van der Waals surface area contributed by atoms with Crippen molar-refractivity contribution in [1.29, 1.82) is 0 Å². The van der Waals surface area contributed by atoms with E-state index >= 15 is 0 Å². The van der Waals surface area contributed by atoms with Crippen molar-refractivity contribution < 1.29 is 32.9 Å². The number of ether oxygens (including phenoxy) is 5. The summed E-state index contributed by atoms with van der Waals surface area (Å²) in [6.07, 6.45) is 6.64. The molecule has 36 heavy (non-hydrogen) atoms. The molecule has 0 spiro atoms. The van der Waals surface area contributed by atoms with Crippen molar-refractivity contribution in [1.82, 2.24) is 0 Å². The summed E-state index contributed by atoms with van der Waals surface area (Å²) >= 11 is 0. The summed E-state index contributed by atoms with van der Waals surface area (Å²) in [6.45, 7) is 0. The van der Waals surface area contributed by atoms with Crippen LogP contribution in [0.2, 0.25) is 0 Å². The van der Waals surface area contributed by atoms with Gasteiger partial charge in [-0.15, -0.1) is 0 Å². The molecule has 0 saturated carbocycles. The number of allylic oxidation sites excluding steroid dienone is 1. The van der Waals surface area contributed by atoms with Gasteiger partial charge in [-0.05, 0) is 59.7 Å². The van der Waals surface area contributed by atoms with Gasteiger partial charge in [-0.3, -0.25) is 4.79 Å². The third kappa shape index (κ3) is 6.15. The van der Waals surface area contributed by atoms with E-state index in [0.29, 0.717) is 40.0 Å². The molecule has 3 aromatic rings. The fourth-order valence-electron chi connectivity index (χ4n) is 3.50. The van der Waals surface area contributed by atoms with Gasteiger partial charge in [0.1, 0.15) is 5.82 Å². The van der Waals surface area contributed by atoms with Gasteiger partial charge >= 0.3 is 0 Å². The van der Waals surface area contributed by atoms with E-state index in [4.69, 9.17) is 23.7 Å². The maximum atomic E-state index is 13.1. The average Bonchev–Trinajstić information content (AvgIpc) is 2.90. The van der Waals surface area contributed by atoms with Crippen molar-refractivity contribution in [3.05, 3.63) is 83.3 Å². The number of carbonyl (C=O) groups is 1. The number of anilines is 1. The molecule has 3 aromatic carbocycles. The number of hydrogen-bond donors (Lipinski definition) is 1. The second-order valence-corrected chi connectivity index (χ2v) is 7.44. The number of hydrogen-bond acceptors (Lipinski definition) is 7. The van der Waals surface area contributed by atoms with E-state index in [0.717, 1.165) is 11.1 Å². The predicted molar refractivity (Wildman–Crippen MR) is 138 cm³/mol. The van der Waals surface area contributed by atoms with Crippen molar-refractivity contribution in [3.8, 4) is 28.7 Å². The van der Waals surface area contributed by atoms with Crippen molar-refractivity contribution in [2.24, 2.45) is 0 Å². The maximum absolute atomic E-state index is 13.1. The first-order valence-electron chi connectivity index (χ1n) is 10.9. The first kappa shape index (κ1) is 26.2. The Morgan fingerprint density at radius 1 is 0.722 bits per heavy atom. The van der Waals surface area contributed by atoms with E-state index in [1.807, 2.05) is 36.4 Å². The molecule has 0 aliphatic rings. The van der Waals surface area contributed by atoms with Crippen LogP contribution in [0, 0.1) is 5.82 Å². The lowest BCUT2D eigenvalue weighted by molar-refractivity contribution is 0.104. The Morgan fingerprint density at radius 3 is 1.72 bits per heavy atom. The van der Waals surface area contributed by atoms with Gasteiger partial charge in [-0.25, -0.2) is 4.39 Å². The highest BCUT2D eigenvalue weighted by Crippen LogP contribution is 2.40. The Kier molecular flexibility index (Phi) is 8.94. The summed E-state index contributed by atoms with van der Waals surface area (Å²) < 4.78 is 40.3. The van der Waals surface area contributed by atoms with Crippen LogP contribution >= 0.6 is 0 Å². The van der Waals surface area contributed by atoms with E-state index in [9.17, 15) is 9.18 Å². The van der Waals surface area contributed by atoms with Crippen LogP contribution in [0.3, 0.4) is 0 Å². The Labute approximate surface area is 209 Å². The number of ketones is 1. The lowest BCUT2D eigenvalue weighted by atomic mass is 10.1. The minimum absolute atomic E-state index is 0.271. The molecule has 7 nitrogen and oxygen atoms in total. The molecule has 0 aliphatic carbocycles. The van der Waals surface area contributed by atoms with Gasteiger partial charge < -0.3 is 29.0 Å². The quantitative estimate of drug-likeness (QED) is 0.204. The van der Waals surface area contributed by atoms with Crippen LogP contribution in [-0.2, 0) is 0 Å². The summed E-state index contributed by atoms with van der Waals surface area (Å²) in [7, 11) is 7.75. The summed E-state index contributed by atoms with van der Waals surface area (Å²) in [5, 5.41) is 3.07. The monoisotopic (exact) mass is 493 g/mol. The molecule has 0 unspecified atom stereocenters. The van der Waals surface area contributed by atoms with E-state index in [1.165, 1.54) is 43.7 Å². The summed E-state index contributed by atoms with van der Waals surface area (Å²) in [5.74, 6) is 1.90. The lowest BCUT2D eigenvalue weighted by Crippen LogP contribution is -1.99. The zero-order valence-electron chi connectivity index (χ0n) is 20.8. The number of methoxy groups -OCH3 is 5. The van der Waals surface area contributed by atoms with Crippen LogP contribution < -0.4 is 29.0 Å². The number of nitrogens with one attached hydrogen (secondary N) is 1. The van der Waals surface area contributed by atoms with E-state index in [-0.39, 0.29) is 5.78 Å². The molecule has 0 heterocycles. The second-order valence-electron chi connectivity index (χ2n) is 7.44. The first-order valence-corrected chi connectivity index (χ1v) is 10.9. The molecule has 8 heteroatoms. The molecule has 1 N–H and O–H groups in total. The fourth-order valence-corrected chi connectivity index (χ4v) is 3.50. The summed E-state index contributed by atoms with van der Waals surface area (Å²) in [5.41, 5.74) is 2.60. The normalized spacial score (nSPS) is 10.9. The zero-order chi connectivity index (χ0) is 26.1. The Balaban J connectivity index is 1.89. The van der Waals surface area contributed by atoms with Crippen molar-refractivity contribution in [2.75, 3.05) is 40.9 Å². The number of halogens is 1. The maximum Gasteiger partial charge on any atom is 0.203 e. The summed E-state index contributed by atoms with van der Waals surface area (Å²) in [6, 6.07) is 12.7. The van der Waals surface area contributed by atoms with Crippen LogP contribution in [0.25, 0.3) is 12.2 Å². The average molecular weight is 494 g/mol. The van der Waals surface area contributed by atoms with Crippen molar-refractivity contribution >= 4 is 23.6 Å². The molecule has 0 amide bonds. The molecular weight excluding hydrogens is 465 g/mol. The Morgan fingerprint density at radius 2 is 1.22 bits per heavy atom. The van der Waals surface area contributed by atoms with E-state index < -0.39 is 5.82 Å². The van der Waals surface area contributed by atoms with Crippen LogP contribution in [0.5, 0.6) is 28.7 Å². The second kappa shape index (κ2) is 12.3. The minimum atomic E-state index is -0.401. The third-order valence-corrected chi connectivity index (χ3v) is 5.26.